The molecule has 11 nitrogen and oxygen atoms in total. The first kappa shape index (κ1) is 24.8. The molecule has 0 unspecified atom stereocenters. The summed E-state index contributed by atoms with van der Waals surface area (Å²) in [5.74, 6) is 1.03. The van der Waals surface area contributed by atoms with Gasteiger partial charge in [0, 0.05) is 50.6 Å². The third kappa shape index (κ3) is 5.92. The number of aromatic nitrogens is 2. The lowest BCUT2D eigenvalue weighted by atomic mass is 10.2. The van der Waals surface area contributed by atoms with Crippen molar-refractivity contribution in [1.82, 2.24) is 19.6 Å². The quantitative estimate of drug-likeness (QED) is 0.404. The van der Waals surface area contributed by atoms with Gasteiger partial charge in [-0.2, -0.15) is 4.98 Å². The summed E-state index contributed by atoms with van der Waals surface area (Å²) >= 11 is 0. The van der Waals surface area contributed by atoms with Gasteiger partial charge >= 0.3 is 6.03 Å². The highest BCUT2D eigenvalue weighted by molar-refractivity contribution is 7.89. The van der Waals surface area contributed by atoms with Crippen LogP contribution >= 0.6 is 0 Å². The van der Waals surface area contributed by atoms with E-state index in [4.69, 9.17) is 0 Å². The summed E-state index contributed by atoms with van der Waals surface area (Å²) < 4.78 is 27.8. The third-order valence-corrected chi connectivity index (χ3v) is 7.74. The van der Waals surface area contributed by atoms with E-state index < -0.39 is 10.0 Å². The molecule has 1 aromatic heterocycles. The van der Waals surface area contributed by atoms with Gasteiger partial charge < -0.3 is 25.8 Å². The van der Waals surface area contributed by atoms with Gasteiger partial charge in [-0.3, -0.25) is 0 Å². The molecule has 0 atom stereocenters. The number of hydrogen-bond acceptors (Lipinski definition) is 8. The zero-order valence-corrected chi connectivity index (χ0v) is 21.4. The second-order valence-electron chi connectivity index (χ2n) is 9.03. The van der Waals surface area contributed by atoms with Gasteiger partial charge in [-0.15, -0.1) is 0 Å². The normalized spacial score (nSPS) is 17.3. The van der Waals surface area contributed by atoms with Crippen molar-refractivity contribution in [2.24, 2.45) is 0 Å². The molecule has 12 heteroatoms. The molecule has 0 spiro atoms. The van der Waals surface area contributed by atoms with Crippen molar-refractivity contribution in [3.05, 3.63) is 60.3 Å². The number of rotatable bonds is 2. The molecular weight excluding hydrogens is 492 g/mol. The summed E-state index contributed by atoms with van der Waals surface area (Å²) in [4.78, 5) is 26.1. The number of piperazine rings is 1. The van der Waals surface area contributed by atoms with Gasteiger partial charge in [-0.1, -0.05) is 18.2 Å². The first-order chi connectivity index (χ1) is 17.9. The molecule has 2 aromatic carbocycles. The fourth-order valence-electron chi connectivity index (χ4n) is 4.33. The standard InChI is InChI=1S/C25H30N8O3S/c1-18-5-2-6-19(15-18)30-25(34)33-13-11-32(12-14-33)22-17-27-24-29-20-7-3-8-21(16-20)37(35,36)28-10-4-9-26-23(22)31-24/h2-3,5-8,15-17,28H,4,9-14H2,1H3,(H,30,34)(H2,26,27,29,31). The van der Waals surface area contributed by atoms with Crippen LogP contribution in [0.3, 0.4) is 0 Å². The average Bonchev–Trinajstić information content (AvgIpc) is 2.89. The Morgan fingerprint density at radius 1 is 1.03 bits per heavy atom. The molecule has 4 bridgehead atoms. The fraction of sp³-hybridized carbons (Fsp3) is 0.320. The number of benzene rings is 2. The van der Waals surface area contributed by atoms with Crippen molar-refractivity contribution in [2.75, 3.05) is 60.1 Å². The lowest BCUT2D eigenvalue weighted by Crippen LogP contribution is -2.50. The van der Waals surface area contributed by atoms with E-state index in [-0.39, 0.29) is 10.9 Å². The van der Waals surface area contributed by atoms with Crippen molar-refractivity contribution >= 4 is 44.9 Å². The minimum Gasteiger partial charge on any atom is -0.368 e. The number of carbonyl (C=O) groups excluding carboxylic acids is 1. The van der Waals surface area contributed by atoms with E-state index in [1.807, 2.05) is 31.2 Å². The molecule has 2 aliphatic heterocycles. The highest BCUT2D eigenvalue weighted by Crippen LogP contribution is 2.27. The van der Waals surface area contributed by atoms with E-state index in [0.29, 0.717) is 63.1 Å². The van der Waals surface area contributed by atoms with Crippen molar-refractivity contribution in [3.8, 4) is 0 Å². The molecule has 3 heterocycles. The zero-order valence-electron chi connectivity index (χ0n) is 20.6. The predicted octanol–water partition coefficient (Wildman–Crippen LogP) is 2.98. The van der Waals surface area contributed by atoms with Crippen LogP contribution in [0.25, 0.3) is 0 Å². The fourth-order valence-corrected chi connectivity index (χ4v) is 5.45. The number of fused-ring (bicyclic) bond motifs is 4. The lowest BCUT2D eigenvalue weighted by molar-refractivity contribution is 0.208. The number of nitrogens with one attached hydrogen (secondary N) is 4. The molecule has 2 amide bonds. The number of anilines is 5. The highest BCUT2D eigenvalue weighted by atomic mass is 32.2. The second kappa shape index (κ2) is 10.6. The summed E-state index contributed by atoms with van der Waals surface area (Å²) in [5, 5.41) is 9.41. The van der Waals surface area contributed by atoms with Gasteiger partial charge in [0.15, 0.2) is 5.82 Å². The second-order valence-corrected chi connectivity index (χ2v) is 10.8. The molecule has 4 N–H and O–H groups in total. The minimum absolute atomic E-state index is 0.116. The molecule has 0 saturated carbocycles. The topological polar surface area (TPSA) is 132 Å². The van der Waals surface area contributed by atoms with Crippen LogP contribution in [0.5, 0.6) is 0 Å². The maximum Gasteiger partial charge on any atom is 0.321 e. The smallest absolute Gasteiger partial charge is 0.321 e. The molecule has 37 heavy (non-hydrogen) atoms. The van der Waals surface area contributed by atoms with Gasteiger partial charge in [0.1, 0.15) is 0 Å². The number of aryl methyl sites for hydroxylation is 1. The summed E-state index contributed by atoms with van der Waals surface area (Å²) in [6.07, 6.45) is 2.34. The van der Waals surface area contributed by atoms with Gasteiger partial charge in [-0.25, -0.2) is 22.9 Å². The number of urea groups is 1. The number of hydrogen-bond donors (Lipinski definition) is 4. The average molecular weight is 523 g/mol. The Labute approximate surface area is 216 Å². The van der Waals surface area contributed by atoms with Crippen LogP contribution in [0.4, 0.5) is 33.6 Å². The summed E-state index contributed by atoms with van der Waals surface area (Å²) in [6.45, 7) is 5.21. The first-order valence-corrected chi connectivity index (χ1v) is 13.7. The van der Waals surface area contributed by atoms with Gasteiger partial charge in [0.25, 0.3) is 0 Å². The lowest BCUT2D eigenvalue weighted by Gasteiger charge is -2.36. The maximum absolute atomic E-state index is 12.8. The van der Waals surface area contributed by atoms with Crippen molar-refractivity contribution in [1.29, 1.82) is 0 Å². The van der Waals surface area contributed by atoms with E-state index in [2.05, 4.69) is 35.5 Å². The van der Waals surface area contributed by atoms with Crippen LogP contribution in [0.1, 0.15) is 12.0 Å². The van der Waals surface area contributed by atoms with E-state index in [9.17, 15) is 13.2 Å². The van der Waals surface area contributed by atoms with Crippen molar-refractivity contribution in [2.45, 2.75) is 18.2 Å². The largest absolute Gasteiger partial charge is 0.368 e. The number of sulfonamides is 1. The molecule has 0 radical (unpaired) electrons. The predicted molar refractivity (Wildman–Crippen MR) is 144 cm³/mol. The van der Waals surface area contributed by atoms with Crippen LogP contribution in [0.2, 0.25) is 0 Å². The SMILES string of the molecule is Cc1cccc(NC(=O)N2CCN(c3cnc4nc3NCCCNS(=O)(=O)c3cccc(c3)N4)CC2)c1. The maximum atomic E-state index is 12.8. The van der Waals surface area contributed by atoms with E-state index in [0.717, 1.165) is 16.9 Å². The van der Waals surface area contributed by atoms with Crippen molar-refractivity contribution in [3.63, 3.8) is 0 Å². The van der Waals surface area contributed by atoms with Crippen molar-refractivity contribution < 1.29 is 13.2 Å². The Hall–Kier alpha value is -3.90. The van der Waals surface area contributed by atoms with Crippen LogP contribution in [-0.4, -0.2) is 68.6 Å². The summed E-state index contributed by atoms with van der Waals surface area (Å²) in [6, 6.07) is 14.2. The molecule has 1 saturated heterocycles. The zero-order chi connectivity index (χ0) is 25.8. The highest BCUT2D eigenvalue weighted by Gasteiger charge is 2.24. The Morgan fingerprint density at radius 3 is 2.65 bits per heavy atom. The molecule has 5 rings (SSSR count). The van der Waals surface area contributed by atoms with Crippen LogP contribution < -0.4 is 25.6 Å². The van der Waals surface area contributed by atoms with Crippen LogP contribution in [0, 0.1) is 6.92 Å². The first-order valence-electron chi connectivity index (χ1n) is 12.2. The Kier molecular flexibility index (Phi) is 7.10. The molecular formula is C25H30N8O3S. The third-order valence-electron chi connectivity index (χ3n) is 6.28. The summed E-state index contributed by atoms with van der Waals surface area (Å²) in [7, 11) is -3.60. The van der Waals surface area contributed by atoms with E-state index in [1.165, 1.54) is 0 Å². The number of carbonyl (C=O) groups is 1. The molecule has 194 valence electrons. The Balaban J connectivity index is 1.29. The van der Waals surface area contributed by atoms with Gasteiger partial charge in [0.2, 0.25) is 16.0 Å². The summed E-state index contributed by atoms with van der Waals surface area (Å²) in [5.41, 5.74) is 3.29. The molecule has 2 aliphatic rings. The van der Waals surface area contributed by atoms with Gasteiger partial charge in [0.05, 0.1) is 16.8 Å². The van der Waals surface area contributed by atoms with E-state index >= 15 is 0 Å². The van der Waals surface area contributed by atoms with Crippen LogP contribution in [-0.2, 0) is 10.0 Å². The van der Waals surface area contributed by atoms with Crippen LogP contribution in [0.15, 0.2) is 59.6 Å². The minimum atomic E-state index is -3.60. The van der Waals surface area contributed by atoms with E-state index in [1.54, 1.807) is 35.4 Å². The Bertz CT molecular complexity index is 1390. The number of amides is 2. The number of nitrogens with zero attached hydrogens (tertiary/aromatic N) is 4. The molecule has 1 fully saturated rings. The van der Waals surface area contributed by atoms with Gasteiger partial charge in [-0.05, 0) is 49.2 Å². The monoisotopic (exact) mass is 522 g/mol. The Morgan fingerprint density at radius 2 is 1.84 bits per heavy atom. The molecule has 3 aromatic rings. The molecule has 0 aliphatic carbocycles.